The summed E-state index contributed by atoms with van der Waals surface area (Å²) in [6.45, 7) is 0. The average Bonchev–Trinajstić information content (AvgIpc) is 2.31. The van der Waals surface area contributed by atoms with E-state index >= 15 is 0 Å². The summed E-state index contributed by atoms with van der Waals surface area (Å²) in [6.07, 6.45) is 0. The van der Waals surface area contributed by atoms with E-state index in [0.717, 1.165) is 0 Å². The Labute approximate surface area is 92.3 Å². The summed E-state index contributed by atoms with van der Waals surface area (Å²) in [5.41, 5.74) is 12.5. The van der Waals surface area contributed by atoms with Crippen molar-refractivity contribution >= 4 is 22.1 Å². The molecule has 2 aromatic rings. The quantitative estimate of drug-likeness (QED) is 0.644. The molecule has 16 heavy (non-hydrogen) atoms. The second kappa shape index (κ2) is 3.45. The van der Waals surface area contributed by atoms with Crippen molar-refractivity contribution in [2.24, 2.45) is 0 Å². The van der Waals surface area contributed by atoms with Gasteiger partial charge in [0.2, 0.25) is 0 Å². The number of anilines is 2. The minimum absolute atomic E-state index is 0.178. The molecule has 0 aliphatic heterocycles. The highest BCUT2D eigenvalue weighted by atomic mass is 14.7. The zero-order valence-corrected chi connectivity index (χ0v) is 8.36. The third kappa shape index (κ3) is 1.14. The van der Waals surface area contributed by atoms with Gasteiger partial charge in [0.15, 0.2) is 0 Å². The summed E-state index contributed by atoms with van der Waals surface area (Å²) >= 11 is 0. The fourth-order valence-corrected chi connectivity index (χ4v) is 1.72. The molecule has 0 aromatic heterocycles. The molecule has 0 aliphatic rings. The summed E-state index contributed by atoms with van der Waals surface area (Å²) in [7, 11) is 0. The summed E-state index contributed by atoms with van der Waals surface area (Å²) in [6, 6.07) is 11.1. The molecule has 0 bridgehead atoms. The zero-order chi connectivity index (χ0) is 11.7. The second-order valence-electron chi connectivity index (χ2n) is 3.35. The first-order valence-electron chi connectivity index (χ1n) is 4.60. The summed E-state index contributed by atoms with van der Waals surface area (Å²) in [5.74, 6) is 0. The highest BCUT2D eigenvalue weighted by Gasteiger charge is 2.14. The number of rotatable bonds is 0. The molecule has 4 nitrogen and oxygen atoms in total. The van der Waals surface area contributed by atoms with E-state index in [-0.39, 0.29) is 11.4 Å². The molecular formula is C12H8N4. The van der Waals surface area contributed by atoms with E-state index in [1.165, 1.54) is 0 Å². The number of nitrogen functional groups attached to an aromatic ring is 2. The third-order valence-corrected chi connectivity index (χ3v) is 2.52. The van der Waals surface area contributed by atoms with Crippen LogP contribution < -0.4 is 11.5 Å². The van der Waals surface area contributed by atoms with Gasteiger partial charge in [0.05, 0.1) is 22.5 Å². The predicted octanol–water partition coefficient (Wildman–Crippen LogP) is 1.75. The first-order chi connectivity index (χ1) is 7.70. The van der Waals surface area contributed by atoms with Crippen molar-refractivity contribution in [3.63, 3.8) is 0 Å². The lowest BCUT2D eigenvalue weighted by atomic mass is 9.97. The lowest BCUT2D eigenvalue weighted by molar-refractivity contribution is 1.48. The molecule has 2 aromatic carbocycles. The normalized spacial score (nSPS) is 9.62. The number of nitriles is 2. The molecule has 0 unspecified atom stereocenters. The molecule has 4 N–H and O–H groups in total. The summed E-state index contributed by atoms with van der Waals surface area (Å²) < 4.78 is 0. The monoisotopic (exact) mass is 208 g/mol. The molecule has 0 saturated heterocycles. The highest BCUT2D eigenvalue weighted by molar-refractivity contribution is 6.02. The van der Waals surface area contributed by atoms with Gasteiger partial charge in [0.1, 0.15) is 12.1 Å². The van der Waals surface area contributed by atoms with Gasteiger partial charge in [-0.2, -0.15) is 10.5 Å². The number of hydrogen-bond acceptors (Lipinski definition) is 4. The summed E-state index contributed by atoms with van der Waals surface area (Å²) in [4.78, 5) is 0. The maximum Gasteiger partial charge on any atom is 0.102 e. The molecular weight excluding hydrogens is 200 g/mol. The fourth-order valence-electron chi connectivity index (χ4n) is 1.72. The largest absolute Gasteiger partial charge is 0.396 e. The van der Waals surface area contributed by atoms with Crippen molar-refractivity contribution in [3.05, 3.63) is 35.4 Å². The average molecular weight is 208 g/mol. The van der Waals surface area contributed by atoms with Crippen molar-refractivity contribution in [1.82, 2.24) is 0 Å². The first kappa shape index (κ1) is 9.82. The Bertz CT molecular complexity index is 601. The number of nitrogens with two attached hydrogens (primary N) is 2. The van der Waals surface area contributed by atoms with Crippen LogP contribution in [0.4, 0.5) is 11.4 Å². The Morgan fingerprint density at radius 1 is 0.812 bits per heavy atom. The van der Waals surface area contributed by atoms with Crippen molar-refractivity contribution in [1.29, 1.82) is 10.5 Å². The third-order valence-electron chi connectivity index (χ3n) is 2.52. The van der Waals surface area contributed by atoms with Crippen LogP contribution in [0, 0.1) is 22.7 Å². The molecule has 76 valence electrons. The zero-order valence-electron chi connectivity index (χ0n) is 8.36. The van der Waals surface area contributed by atoms with Gasteiger partial charge in [0.25, 0.3) is 0 Å². The maximum absolute atomic E-state index is 9.04. The fraction of sp³-hybridized carbons (Fsp3) is 0. The molecule has 0 spiro atoms. The van der Waals surface area contributed by atoms with Gasteiger partial charge in [0, 0.05) is 10.8 Å². The van der Waals surface area contributed by atoms with E-state index in [2.05, 4.69) is 0 Å². The van der Waals surface area contributed by atoms with Crippen molar-refractivity contribution in [2.45, 2.75) is 0 Å². The van der Waals surface area contributed by atoms with Crippen molar-refractivity contribution < 1.29 is 0 Å². The van der Waals surface area contributed by atoms with Crippen LogP contribution in [0.25, 0.3) is 10.8 Å². The molecule has 2 rings (SSSR count). The van der Waals surface area contributed by atoms with E-state index in [1.54, 1.807) is 24.3 Å². The van der Waals surface area contributed by atoms with Gasteiger partial charge in [-0.1, -0.05) is 24.3 Å². The molecule has 0 atom stereocenters. The van der Waals surface area contributed by atoms with E-state index < -0.39 is 0 Å². The van der Waals surface area contributed by atoms with Crippen LogP contribution in [0.5, 0.6) is 0 Å². The maximum atomic E-state index is 9.04. The SMILES string of the molecule is N#Cc1c(N)c(N)c(C#N)c2ccccc12. The smallest absolute Gasteiger partial charge is 0.102 e. The molecule has 0 aliphatic carbocycles. The van der Waals surface area contributed by atoms with Crippen LogP contribution in [0.2, 0.25) is 0 Å². The van der Waals surface area contributed by atoms with E-state index in [0.29, 0.717) is 21.9 Å². The van der Waals surface area contributed by atoms with Gasteiger partial charge in [-0.15, -0.1) is 0 Å². The molecule has 0 heterocycles. The minimum atomic E-state index is 0.178. The van der Waals surface area contributed by atoms with Crippen LogP contribution in [0.3, 0.4) is 0 Å². The molecule has 0 fully saturated rings. The van der Waals surface area contributed by atoms with Gasteiger partial charge in [-0.25, -0.2) is 0 Å². The van der Waals surface area contributed by atoms with Crippen LogP contribution in [-0.4, -0.2) is 0 Å². The lowest BCUT2D eigenvalue weighted by Gasteiger charge is -2.09. The van der Waals surface area contributed by atoms with Crippen molar-refractivity contribution in [3.8, 4) is 12.1 Å². The number of benzene rings is 2. The van der Waals surface area contributed by atoms with Gasteiger partial charge in [-0.3, -0.25) is 0 Å². The summed E-state index contributed by atoms with van der Waals surface area (Å²) in [5, 5.41) is 19.4. The second-order valence-corrected chi connectivity index (χ2v) is 3.35. The predicted molar refractivity (Wildman–Crippen MR) is 62.2 cm³/mol. The minimum Gasteiger partial charge on any atom is -0.396 e. The number of fused-ring (bicyclic) bond motifs is 1. The van der Waals surface area contributed by atoms with Crippen LogP contribution in [-0.2, 0) is 0 Å². The Hall–Kier alpha value is -2.72. The number of hydrogen-bond donors (Lipinski definition) is 2. The Morgan fingerprint density at radius 3 is 1.50 bits per heavy atom. The van der Waals surface area contributed by atoms with Gasteiger partial charge >= 0.3 is 0 Å². The van der Waals surface area contributed by atoms with E-state index in [9.17, 15) is 0 Å². The standard InChI is InChI=1S/C12H8N4/c13-5-9-7-3-1-2-4-8(7)10(6-14)12(16)11(9)15/h1-4H,15-16H2. The highest BCUT2D eigenvalue weighted by Crippen LogP contribution is 2.33. The molecule has 0 saturated carbocycles. The first-order valence-corrected chi connectivity index (χ1v) is 4.60. The van der Waals surface area contributed by atoms with Crippen LogP contribution >= 0.6 is 0 Å². The molecule has 4 heteroatoms. The Morgan fingerprint density at radius 2 is 1.19 bits per heavy atom. The van der Waals surface area contributed by atoms with Gasteiger partial charge in [-0.05, 0) is 0 Å². The Balaban J connectivity index is 3.10. The number of nitrogens with zero attached hydrogens (tertiary/aromatic N) is 2. The van der Waals surface area contributed by atoms with E-state index in [1.807, 2.05) is 12.1 Å². The van der Waals surface area contributed by atoms with Crippen LogP contribution in [0.1, 0.15) is 11.1 Å². The van der Waals surface area contributed by atoms with E-state index in [4.69, 9.17) is 22.0 Å². The van der Waals surface area contributed by atoms with Crippen LogP contribution in [0.15, 0.2) is 24.3 Å². The molecule has 0 amide bonds. The van der Waals surface area contributed by atoms with Gasteiger partial charge < -0.3 is 11.5 Å². The van der Waals surface area contributed by atoms with Crippen molar-refractivity contribution in [2.75, 3.05) is 11.5 Å². The lowest BCUT2D eigenvalue weighted by Crippen LogP contribution is -2.02. The topological polar surface area (TPSA) is 99.6 Å². The Kier molecular flexibility index (Phi) is 2.12. The molecule has 0 radical (unpaired) electrons.